The van der Waals surface area contributed by atoms with Crippen molar-refractivity contribution in [3.8, 4) is 52.2 Å². The Balaban J connectivity index is 1.54. The van der Waals surface area contributed by atoms with E-state index in [1.807, 2.05) is 65.2 Å². The minimum absolute atomic E-state index is 0.112. The third-order valence-electron chi connectivity index (χ3n) is 9.23. The highest BCUT2D eigenvalue weighted by molar-refractivity contribution is 6.24. The fourth-order valence-corrected chi connectivity index (χ4v) is 7.08. The Morgan fingerprint density at radius 3 is 1.47 bits per heavy atom. The number of hydrogen-bond donors (Lipinski definition) is 0. The number of anilines is 1. The van der Waals surface area contributed by atoms with Crippen LogP contribution in [0.4, 0.5) is 5.69 Å². The molecule has 8 rings (SSSR count). The first-order chi connectivity index (χ1) is 24.9. The predicted octanol–water partition coefficient (Wildman–Crippen LogP) is 8.45. The SMILES string of the molecule is N#Cc1cc(C#N)cc(-c2cccc3c4cccc(-c5cc(C#N)cc(C#N)c5)c4n(-c4cccc5c4C(=O)N(c4ccccc4)CC5=O)c23)c1. The zero-order valence-corrected chi connectivity index (χ0v) is 26.8. The molecule has 1 aliphatic heterocycles. The van der Waals surface area contributed by atoms with Crippen molar-refractivity contribution < 1.29 is 9.59 Å². The number of aromatic nitrogens is 1. The van der Waals surface area contributed by atoms with Crippen molar-refractivity contribution in [2.45, 2.75) is 0 Å². The van der Waals surface area contributed by atoms with Crippen molar-refractivity contribution >= 4 is 39.2 Å². The van der Waals surface area contributed by atoms with E-state index in [0.29, 0.717) is 72.5 Å². The van der Waals surface area contributed by atoms with Crippen molar-refractivity contribution in [2.24, 2.45) is 0 Å². The summed E-state index contributed by atoms with van der Waals surface area (Å²) in [4.78, 5) is 29.9. The molecule has 6 aromatic carbocycles. The fourth-order valence-electron chi connectivity index (χ4n) is 7.08. The summed E-state index contributed by atoms with van der Waals surface area (Å²) in [6, 6.07) is 44.4. The van der Waals surface area contributed by atoms with Crippen molar-refractivity contribution in [3.05, 3.63) is 155 Å². The molecule has 0 radical (unpaired) electrons. The van der Waals surface area contributed by atoms with Crippen LogP contribution in [-0.4, -0.2) is 22.8 Å². The van der Waals surface area contributed by atoms with Gasteiger partial charge in [0.1, 0.15) is 0 Å². The van der Waals surface area contributed by atoms with E-state index in [-0.39, 0.29) is 23.8 Å². The quantitative estimate of drug-likeness (QED) is 0.187. The number of carbonyl (C=O) groups excluding carboxylic acids is 2. The molecule has 0 N–H and O–H groups in total. The summed E-state index contributed by atoms with van der Waals surface area (Å²) in [5, 5.41) is 41.1. The monoisotopic (exact) mass is 654 g/mol. The van der Waals surface area contributed by atoms with E-state index in [4.69, 9.17) is 0 Å². The van der Waals surface area contributed by atoms with Crippen LogP contribution in [-0.2, 0) is 0 Å². The molecule has 1 aromatic heterocycles. The number of ketones is 1. The first-order valence-electron chi connectivity index (χ1n) is 15.9. The van der Waals surface area contributed by atoms with E-state index in [1.54, 1.807) is 48.5 Å². The number of hydrogen-bond acceptors (Lipinski definition) is 6. The standard InChI is InChI=1S/C43H22N6O2/c44-21-26-15-27(22-45)18-30(17-26)33-9-4-11-35-36-12-5-10-34(31-19-28(23-46)16-29(20-31)24-47)42(36)49(41(33)35)38-14-6-13-37-39(50)25-48(43(51)40(37)38)32-7-2-1-3-8-32/h1-20H,25H2. The minimum Gasteiger partial charge on any atom is -0.307 e. The van der Waals surface area contributed by atoms with Crippen LogP contribution in [0, 0.1) is 45.3 Å². The Bertz CT molecular complexity index is 2620. The van der Waals surface area contributed by atoms with Crippen LogP contribution in [0.1, 0.15) is 43.0 Å². The summed E-state index contributed by atoms with van der Waals surface area (Å²) in [6.07, 6.45) is 0. The van der Waals surface area contributed by atoms with Crippen molar-refractivity contribution in [2.75, 3.05) is 11.4 Å². The van der Waals surface area contributed by atoms with Gasteiger partial charge in [0.05, 0.1) is 75.4 Å². The van der Waals surface area contributed by atoms with Crippen LogP contribution in [0.25, 0.3) is 49.7 Å². The molecule has 0 saturated heterocycles. The molecule has 1 amide bonds. The summed E-state index contributed by atoms with van der Waals surface area (Å²) in [5.41, 5.74) is 6.85. The Hall–Kier alpha value is -7.78. The number of nitrogens with zero attached hydrogens (tertiary/aromatic N) is 6. The summed E-state index contributed by atoms with van der Waals surface area (Å²) in [7, 11) is 0. The highest BCUT2D eigenvalue weighted by atomic mass is 16.2. The topological polar surface area (TPSA) is 137 Å². The third kappa shape index (κ3) is 4.89. The van der Waals surface area contributed by atoms with Gasteiger partial charge in [-0.15, -0.1) is 0 Å². The number of amides is 1. The van der Waals surface area contributed by atoms with E-state index in [9.17, 15) is 30.6 Å². The summed E-state index contributed by atoms with van der Waals surface area (Å²) >= 11 is 0. The lowest BCUT2D eigenvalue weighted by Gasteiger charge is -2.29. The summed E-state index contributed by atoms with van der Waals surface area (Å²) in [5.74, 6) is -0.551. The molecule has 51 heavy (non-hydrogen) atoms. The van der Waals surface area contributed by atoms with Crippen LogP contribution < -0.4 is 4.90 Å². The van der Waals surface area contributed by atoms with Gasteiger partial charge in [-0.2, -0.15) is 21.0 Å². The number of carbonyl (C=O) groups is 2. The van der Waals surface area contributed by atoms with Crippen molar-refractivity contribution in [1.29, 1.82) is 21.0 Å². The van der Waals surface area contributed by atoms with Crippen LogP contribution in [0.15, 0.2) is 121 Å². The number of para-hydroxylation sites is 3. The van der Waals surface area contributed by atoms with Gasteiger partial charge in [0.25, 0.3) is 5.91 Å². The maximum atomic E-state index is 14.6. The zero-order valence-electron chi connectivity index (χ0n) is 26.8. The van der Waals surface area contributed by atoms with E-state index >= 15 is 0 Å². The number of benzene rings is 6. The lowest BCUT2D eigenvalue weighted by atomic mass is 9.94. The average molecular weight is 655 g/mol. The summed E-state index contributed by atoms with van der Waals surface area (Å²) in [6.45, 7) is -0.112. The molecule has 236 valence electrons. The molecule has 0 atom stereocenters. The molecule has 8 heteroatoms. The molecule has 0 spiro atoms. The molecular formula is C43H22N6O2. The molecule has 0 aliphatic carbocycles. The Kier molecular flexibility index (Phi) is 7.21. The van der Waals surface area contributed by atoms with E-state index in [0.717, 1.165) is 10.8 Å². The van der Waals surface area contributed by atoms with E-state index in [2.05, 4.69) is 24.3 Å². The Labute approximate surface area is 292 Å². The highest BCUT2D eigenvalue weighted by Crippen LogP contribution is 2.44. The highest BCUT2D eigenvalue weighted by Gasteiger charge is 2.34. The lowest BCUT2D eigenvalue weighted by molar-refractivity contribution is 0.0910. The van der Waals surface area contributed by atoms with Crippen molar-refractivity contribution in [1.82, 2.24) is 4.57 Å². The van der Waals surface area contributed by atoms with E-state index < -0.39 is 0 Å². The van der Waals surface area contributed by atoms with Crippen LogP contribution in [0.3, 0.4) is 0 Å². The molecule has 7 aromatic rings. The zero-order chi connectivity index (χ0) is 35.2. The van der Waals surface area contributed by atoms with Crippen LogP contribution in [0.2, 0.25) is 0 Å². The van der Waals surface area contributed by atoms with Gasteiger partial charge >= 0.3 is 0 Å². The minimum atomic E-state index is -0.340. The van der Waals surface area contributed by atoms with Gasteiger partial charge < -0.3 is 9.47 Å². The predicted molar refractivity (Wildman–Crippen MR) is 193 cm³/mol. The normalized spacial score (nSPS) is 12.2. The average Bonchev–Trinajstić information content (AvgIpc) is 3.53. The van der Waals surface area contributed by atoms with Gasteiger partial charge in [0.15, 0.2) is 5.78 Å². The molecule has 0 bridgehead atoms. The Morgan fingerprint density at radius 1 is 0.510 bits per heavy atom. The first-order valence-corrected chi connectivity index (χ1v) is 15.9. The fraction of sp³-hybridized carbons (Fsp3) is 0.0233. The number of fused-ring (bicyclic) bond motifs is 4. The van der Waals surface area contributed by atoms with Gasteiger partial charge in [-0.1, -0.05) is 66.7 Å². The molecule has 8 nitrogen and oxygen atoms in total. The second-order valence-electron chi connectivity index (χ2n) is 12.1. The molecule has 0 fully saturated rings. The largest absolute Gasteiger partial charge is 0.307 e. The summed E-state index contributed by atoms with van der Waals surface area (Å²) < 4.78 is 1.96. The first kappa shape index (κ1) is 30.5. The maximum absolute atomic E-state index is 14.6. The van der Waals surface area contributed by atoms with Crippen LogP contribution in [0.5, 0.6) is 0 Å². The molecule has 0 saturated carbocycles. The van der Waals surface area contributed by atoms with Crippen molar-refractivity contribution in [3.63, 3.8) is 0 Å². The third-order valence-corrected chi connectivity index (χ3v) is 9.23. The lowest BCUT2D eigenvalue weighted by Crippen LogP contribution is -2.42. The second kappa shape index (κ2) is 12.0. The van der Waals surface area contributed by atoms with E-state index in [1.165, 1.54) is 17.0 Å². The second-order valence-corrected chi connectivity index (χ2v) is 12.1. The number of rotatable bonds is 4. The van der Waals surface area contributed by atoms with Gasteiger partial charge in [-0.25, -0.2) is 0 Å². The van der Waals surface area contributed by atoms with Gasteiger partial charge in [0.2, 0.25) is 0 Å². The van der Waals surface area contributed by atoms with Gasteiger partial charge in [-0.05, 0) is 65.7 Å². The molecular weight excluding hydrogens is 633 g/mol. The maximum Gasteiger partial charge on any atom is 0.261 e. The van der Waals surface area contributed by atoms with Gasteiger partial charge in [-0.3, -0.25) is 9.59 Å². The number of Topliss-reactive ketones (excluding diaryl/α,β-unsaturated/α-hetero) is 1. The smallest absolute Gasteiger partial charge is 0.261 e. The van der Waals surface area contributed by atoms with Gasteiger partial charge in [0, 0.05) is 33.2 Å². The number of nitriles is 4. The molecule has 0 unspecified atom stereocenters. The van der Waals surface area contributed by atoms with Crippen LogP contribution >= 0.6 is 0 Å². The Morgan fingerprint density at radius 2 is 0.980 bits per heavy atom. The molecule has 2 heterocycles. The molecule has 1 aliphatic rings.